The number of nitrogens with one attached hydrogen (secondary N) is 2. The Morgan fingerprint density at radius 1 is 1.52 bits per heavy atom. The van der Waals surface area contributed by atoms with E-state index in [0.717, 1.165) is 50.4 Å². The fourth-order valence-corrected chi connectivity index (χ4v) is 3.41. The van der Waals surface area contributed by atoms with Crippen molar-refractivity contribution in [2.24, 2.45) is 5.41 Å². The second-order valence-corrected chi connectivity index (χ2v) is 6.37. The Kier molecular flexibility index (Phi) is 4.99. The van der Waals surface area contributed by atoms with E-state index < -0.39 is 5.41 Å². The molecule has 6 nitrogen and oxygen atoms in total. The number of aromatic nitrogens is 1. The van der Waals surface area contributed by atoms with Crippen molar-refractivity contribution < 1.29 is 14.1 Å². The van der Waals surface area contributed by atoms with Crippen LogP contribution in [0.4, 0.5) is 0 Å². The van der Waals surface area contributed by atoms with Crippen molar-refractivity contribution in [2.45, 2.75) is 31.6 Å². The van der Waals surface area contributed by atoms with Gasteiger partial charge in [-0.05, 0) is 32.4 Å². The molecular weight excluding hydrogens is 294 g/mol. The van der Waals surface area contributed by atoms with Gasteiger partial charge in [0, 0.05) is 25.0 Å². The van der Waals surface area contributed by atoms with Gasteiger partial charge in [-0.1, -0.05) is 11.1 Å². The largest absolute Gasteiger partial charge is 0.381 e. The van der Waals surface area contributed by atoms with E-state index in [1.807, 2.05) is 6.07 Å². The molecule has 1 aromatic rings. The third-order valence-corrected chi connectivity index (χ3v) is 4.83. The minimum Gasteiger partial charge on any atom is -0.381 e. The summed E-state index contributed by atoms with van der Waals surface area (Å²) in [6, 6.07) is 1.98. The molecule has 0 aromatic carbocycles. The first kappa shape index (κ1) is 16.0. The standard InChI is InChI=1S/C17H23N3O3/c1-2-6-19-16(21)17(4-7-18-8-5-17)11-14-10-15(20-23-14)13-3-9-22-12-13/h1,10,13,18H,3-9,11-12H2,(H,19,21). The van der Waals surface area contributed by atoms with E-state index in [-0.39, 0.29) is 12.5 Å². The van der Waals surface area contributed by atoms with E-state index in [1.165, 1.54) is 0 Å². The van der Waals surface area contributed by atoms with E-state index in [1.54, 1.807) is 0 Å². The number of amides is 1. The van der Waals surface area contributed by atoms with Crippen LogP contribution in [0.25, 0.3) is 0 Å². The summed E-state index contributed by atoms with van der Waals surface area (Å²) in [5.74, 6) is 3.56. The molecule has 6 heteroatoms. The third-order valence-electron chi connectivity index (χ3n) is 4.83. The average Bonchev–Trinajstić information content (AvgIpc) is 3.24. The second kappa shape index (κ2) is 7.16. The molecule has 1 aromatic heterocycles. The van der Waals surface area contributed by atoms with E-state index >= 15 is 0 Å². The summed E-state index contributed by atoms with van der Waals surface area (Å²) in [4.78, 5) is 12.6. The maximum absolute atomic E-state index is 12.6. The zero-order valence-corrected chi connectivity index (χ0v) is 13.3. The number of hydrogen-bond acceptors (Lipinski definition) is 5. The summed E-state index contributed by atoms with van der Waals surface area (Å²) >= 11 is 0. The summed E-state index contributed by atoms with van der Waals surface area (Å²) in [6.07, 6.45) is 8.33. The van der Waals surface area contributed by atoms with E-state index in [0.29, 0.717) is 18.9 Å². The molecule has 1 unspecified atom stereocenters. The Labute approximate surface area is 136 Å². The van der Waals surface area contributed by atoms with E-state index in [2.05, 4.69) is 21.7 Å². The van der Waals surface area contributed by atoms with Crippen LogP contribution in [0.1, 0.15) is 36.6 Å². The number of rotatable bonds is 5. The van der Waals surface area contributed by atoms with Crippen LogP contribution in [0, 0.1) is 17.8 Å². The van der Waals surface area contributed by atoms with Gasteiger partial charge in [-0.3, -0.25) is 4.79 Å². The van der Waals surface area contributed by atoms with Gasteiger partial charge in [-0.25, -0.2) is 0 Å². The Morgan fingerprint density at radius 3 is 3.04 bits per heavy atom. The Morgan fingerprint density at radius 2 is 2.35 bits per heavy atom. The minimum absolute atomic E-state index is 0.0131. The van der Waals surface area contributed by atoms with Gasteiger partial charge in [0.1, 0.15) is 5.76 Å². The van der Waals surface area contributed by atoms with Crippen molar-refractivity contribution in [3.63, 3.8) is 0 Å². The fraction of sp³-hybridized carbons (Fsp3) is 0.647. The van der Waals surface area contributed by atoms with Crippen molar-refractivity contribution >= 4 is 5.91 Å². The number of piperidine rings is 1. The quantitative estimate of drug-likeness (QED) is 0.787. The highest BCUT2D eigenvalue weighted by Crippen LogP contribution is 2.34. The molecule has 2 aliphatic heterocycles. The summed E-state index contributed by atoms with van der Waals surface area (Å²) in [5.41, 5.74) is 0.469. The van der Waals surface area contributed by atoms with Crippen LogP contribution in [-0.4, -0.2) is 43.9 Å². The molecule has 0 bridgehead atoms. The van der Waals surface area contributed by atoms with Crippen molar-refractivity contribution in [1.29, 1.82) is 0 Å². The van der Waals surface area contributed by atoms with Crippen molar-refractivity contribution in [2.75, 3.05) is 32.8 Å². The Balaban J connectivity index is 1.73. The van der Waals surface area contributed by atoms with E-state index in [9.17, 15) is 4.79 Å². The molecule has 0 saturated carbocycles. The third kappa shape index (κ3) is 3.57. The molecule has 1 atom stereocenters. The summed E-state index contributed by atoms with van der Waals surface area (Å²) in [5, 5.41) is 10.3. The maximum atomic E-state index is 12.6. The van der Waals surface area contributed by atoms with Gasteiger partial charge in [0.2, 0.25) is 5.91 Å². The van der Waals surface area contributed by atoms with Crippen LogP contribution in [0.15, 0.2) is 10.6 Å². The van der Waals surface area contributed by atoms with Crippen molar-refractivity contribution in [3.05, 3.63) is 17.5 Å². The first-order chi connectivity index (χ1) is 11.2. The normalized spacial score (nSPS) is 23.3. The van der Waals surface area contributed by atoms with Crippen LogP contribution in [0.3, 0.4) is 0 Å². The lowest BCUT2D eigenvalue weighted by molar-refractivity contribution is -0.132. The lowest BCUT2D eigenvalue weighted by Gasteiger charge is -2.35. The molecule has 2 saturated heterocycles. The first-order valence-corrected chi connectivity index (χ1v) is 8.19. The van der Waals surface area contributed by atoms with Gasteiger partial charge in [-0.15, -0.1) is 6.42 Å². The number of terminal acetylenes is 1. The molecule has 23 heavy (non-hydrogen) atoms. The predicted molar refractivity (Wildman–Crippen MR) is 84.8 cm³/mol. The van der Waals surface area contributed by atoms with Crippen LogP contribution in [0.2, 0.25) is 0 Å². The van der Waals surface area contributed by atoms with Crippen LogP contribution < -0.4 is 10.6 Å². The molecule has 3 heterocycles. The highest BCUT2D eigenvalue weighted by molar-refractivity contribution is 5.83. The van der Waals surface area contributed by atoms with Gasteiger partial charge in [0.05, 0.1) is 24.3 Å². The van der Waals surface area contributed by atoms with E-state index in [4.69, 9.17) is 15.7 Å². The molecule has 0 radical (unpaired) electrons. The lowest BCUT2D eigenvalue weighted by atomic mass is 9.74. The minimum atomic E-state index is -0.467. The molecule has 2 N–H and O–H groups in total. The van der Waals surface area contributed by atoms with Crippen LogP contribution in [0.5, 0.6) is 0 Å². The summed E-state index contributed by atoms with van der Waals surface area (Å²) < 4.78 is 10.9. The first-order valence-electron chi connectivity index (χ1n) is 8.19. The number of carbonyl (C=O) groups excluding carboxylic acids is 1. The summed E-state index contributed by atoms with van der Waals surface area (Å²) in [6.45, 7) is 3.37. The zero-order chi connectivity index (χ0) is 16.1. The zero-order valence-electron chi connectivity index (χ0n) is 13.3. The summed E-state index contributed by atoms with van der Waals surface area (Å²) in [7, 11) is 0. The molecule has 1 amide bonds. The molecule has 2 aliphatic rings. The molecule has 3 rings (SSSR count). The molecule has 124 valence electrons. The molecule has 0 spiro atoms. The lowest BCUT2D eigenvalue weighted by Crippen LogP contribution is -2.49. The molecule has 2 fully saturated rings. The second-order valence-electron chi connectivity index (χ2n) is 6.37. The molecular formula is C17H23N3O3. The predicted octanol–water partition coefficient (Wildman–Crippen LogP) is 0.840. The van der Waals surface area contributed by atoms with Crippen molar-refractivity contribution in [1.82, 2.24) is 15.8 Å². The van der Waals surface area contributed by atoms with Gasteiger partial charge >= 0.3 is 0 Å². The average molecular weight is 317 g/mol. The number of carbonyl (C=O) groups is 1. The Hall–Kier alpha value is -1.84. The number of ether oxygens (including phenoxy) is 1. The fourth-order valence-electron chi connectivity index (χ4n) is 3.41. The van der Waals surface area contributed by atoms with Gasteiger partial charge < -0.3 is 19.9 Å². The van der Waals surface area contributed by atoms with Gasteiger partial charge in [-0.2, -0.15) is 0 Å². The molecule has 0 aliphatic carbocycles. The van der Waals surface area contributed by atoms with Crippen LogP contribution >= 0.6 is 0 Å². The monoisotopic (exact) mass is 317 g/mol. The topological polar surface area (TPSA) is 76.4 Å². The van der Waals surface area contributed by atoms with Crippen LogP contribution in [-0.2, 0) is 16.0 Å². The number of hydrogen-bond donors (Lipinski definition) is 2. The Bertz CT molecular complexity index is 578. The highest BCUT2D eigenvalue weighted by Gasteiger charge is 2.40. The SMILES string of the molecule is C#CCNC(=O)C1(Cc2cc(C3CCOC3)no2)CCNCC1. The highest BCUT2D eigenvalue weighted by atomic mass is 16.5. The van der Waals surface area contributed by atoms with Gasteiger partial charge in [0.25, 0.3) is 0 Å². The van der Waals surface area contributed by atoms with Crippen molar-refractivity contribution in [3.8, 4) is 12.3 Å². The number of nitrogens with zero attached hydrogens (tertiary/aromatic N) is 1. The van der Waals surface area contributed by atoms with Gasteiger partial charge in [0.15, 0.2) is 0 Å². The maximum Gasteiger partial charge on any atom is 0.227 e. The smallest absolute Gasteiger partial charge is 0.227 e.